The highest BCUT2D eigenvalue weighted by molar-refractivity contribution is 7.17. The number of carbonyl (C=O) groups is 1. The second kappa shape index (κ2) is 10.2. The van der Waals surface area contributed by atoms with Gasteiger partial charge in [-0.15, -0.1) is 11.3 Å². The van der Waals surface area contributed by atoms with Crippen molar-refractivity contribution in [2.75, 3.05) is 16.8 Å². The number of rotatable bonds is 6. The van der Waals surface area contributed by atoms with Gasteiger partial charge in [-0.2, -0.15) is 0 Å². The molecule has 2 aliphatic rings. The van der Waals surface area contributed by atoms with Crippen LogP contribution in [0.15, 0.2) is 60.0 Å². The van der Waals surface area contributed by atoms with E-state index in [2.05, 4.69) is 52.0 Å². The van der Waals surface area contributed by atoms with Crippen LogP contribution in [0.1, 0.15) is 53.7 Å². The third-order valence-electron chi connectivity index (χ3n) is 7.81. The highest BCUT2D eigenvalue weighted by atomic mass is 32.1. The first-order chi connectivity index (χ1) is 18.0. The number of nitrogens with two attached hydrogens (primary N) is 1. The van der Waals surface area contributed by atoms with Gasteiger partial charge in [0, 0.05) is 37.6 Å². The standard InChI is InChI=1S/C30H34N4O2S/c1-33-27-15-17-37-29(27)18-28(33)30(35)32-25-5-2-6-26-24(25)4-3-16-34(26)19-20-7-11-22(12-8-20)36-23-13-9-21(31)10-14-23/h2,5-8,11-12,15,17-18,21,23H,3-4,9-10,13-14,16,19,31H2,1H3,(H,32,35). The van der Waals surface area contributed by atoms with E-state index in [1.54, 1.807) is 11.3 Å². The fraction of sp³-hybridized carbons (Fsp3) is 0.367. The number of amides is 1. The third kappa shape index (κ3) is 4.98. The molecule has 3 heterocycles. The molecule has 6 nitrogen and oxygen atoms in total. The number of ether oxygens (including phenoxy) is 1. The van der Waals surface area contributed by atoms with Crippen LogP contribution in [-0.4, -0.2) is 29.2 Å². The topological polar surface area (TPSA) is 72.5 Å². The Labute approximate surface area is 222 Å². The fourth-order valence-electron chi connectivity index (χ4n) is 5.73. The van der Waals surface area contributed by atoms with Gasteiger partial charge in [0.25, 0.3) is 5.91 Å². The number of aromatic nitrogens is 1. The first-order valence-electron chi connectivity index (χ1n) is 13.3. The molecule has 6 rings (SSSR count). The Kier molecular flexibility index (Phi) is 6.65. The Morgan fingerprint density at radius 1 is 1.11 bits per heavy atom. The molecule has 4 aromatic rings. The number of hydrogen-bond acceptors (Lipinski definition) is 5. The summed E-state index contributed by atoms with van der Waals surface area (Å²) in [5.41, 5.74) is 12.4. The molecule has 1 fully saturated rings. The maximum absolute atomic E-state index is 13.2. The highest BCUT2D eigenvalue weighted by Crippen LogP contribution is 2.35. The largest absolute Gasteiger partial charge is 0.490 e. The molecule has 1 saturated carbocycles. The van der Waals surface area contributed by atoms with E-state index in [1.807, 2.05) is 29.8 Å². The lowest BCUT2D eigenvalue weighted by molar-refractivity contribution is 0.101. The summed E-state index contributed by atoms with van der Waals surface area (Å²) in [4.78, 5) is 15.6. The van der Waals surface area contributed by atoms with E-state index in [9.17, 15) is 4.79 Å². The maximum Gasteiger partial charge on any atom is 0.272 e. The van der Waals surface area contributed by atoms with Gasteiger partial charge < -0.3 is 25.3 Å². The molecule has 0 unspecified atom stereocenters. The first-order valence-corrected chi connectivity index (χ1v) is 14.2. The summed E-state index contributed by atoms with van der Waals surface area (Å²) in [6.45, 7) is 1.83. The van der Waals surface area contributed by atoms with Crippen molar-refractivity contribution in [2.45, 2.75) is 57.2 Å². The zero-order valence-corrected chi connectivity index (χ0v) is 22.1. The Morgan fingerprint density at radius 3 is 2.70 bits per heavy atom. The molecule has 2 aromatic carbocycles. The number of thiophene rings is 1. The minimum absolute atomic E-state index is 0.0630. The summed E-state index contributed by atoms with van der Waals surface area (Å²) < 4.78 is 9.31. The zero-order valence-electron chi connectivity index (χ0n) is 21.3. The molecular formula is C30H34N4O2S. The zero-order chi connectivity index (χ0) is 25.4. The van der Waals surface area contributed by atoms with Gasteiger partial charge in [0.2, 0.25) is 0 Å². The van der Waals surface area contributed by atoms with Crippen molar-refractivity contribution in [1.29, 1.82) is 0 Å². The molecule has 0 atom stereocenters. The monoisotopic (exact) mass is 514 g/mol. The van der Waals surface area contributed by atoms with Crippen LogP contribution in [0.4, 0.5) is 11.4 Å². The minimum Gasteiger partial charge on any atom is -0.490 e. The van der Waals surface area contributed by atoms with Crippen LogP contribution in [0.2, 0.25) is 0 Å². The highest BCUT2D eigenvalue weighted by Gasteiger charge is 2.23. The number of anilines is 2. The third-order valence-corrected chi connectivity index (χ3v) is 8.66. The van der Waals surface area contributed by atoms with Crippen LogP contribution < -0.4 is 20.7 Å². The number of hydrogen-bond donors (Lipinski definition) is 2. The number of carbonyl (C=O) groups excluding carboxylic acids is 1. The Morgan fingerprint density at radius 2 is 1.92 bits per heavy atom. The van der Waals surface area contributed by atoms with Crippen molar-refractivity contribution in [3.63, 3.8) is 0 Å². The van der Waals surface area contributed by atoms with Gasteiger partial charge in [-0.1, -0.05) is 18.2 Å². The van der Waals surface area contributed by atoms with E-state index in [-0.39, 0.29) is 12.0 Å². The Hall–Kier alpha value is -3.29. The van der Waals surface area contributed by atoms with Crippen LogP contribution in [0.3, 0.4) is 0 Å². The number of nitrogens with zero attached hydrogens (tertiary/aromatic N) is 2. The van der Waals surface area contributed by atoms with E-state index in [0.29, 0.717) is 11.7 Å². The second-order valence-electron chi connectivity index (χ2n) is 10.3. The molecule has 1 amide bonds. The molecule has 3 N–H and O–H groups in total. The van der Waals surface area contributed by atoms with E-state index in [1.165, 1.54) is 16.8 Å². The van der Waals surface area contributed by atoms with E-state index < -0.39 is 0 Å². The number of nitrogens with one attached hydrogen (secondary N) is 1. The average Bonchev–Trinajstić information content (AvgIpc) is 3.50. The number of benzene rings is 2. The van der Waals surface area contributed by atoms with Gasteiger partial charge in [0.15, 0.2) is 0 Å². The van der Waals surface area contributed by atoms with Crippen molar-refractivity contribution in [3.8, 4) is 5.75 Å². The predicted molar refractivity (Wildman–Crippen MR) is 152 cm³/mol. The number of fused-ring (bicyclic) bond motifs is 2. The van der Waals surface area contributed by atoms with Gasteiger partial charge in [-0.05, 0) is 91.4 Å². The van der Waals surface area contributed by atoms with Crippen molar-refractivity contribution in [3.05, 3.63) is 76.8 Å². The minimum atomic E-state index is -0.0630. The maximum atomic E-state index is 13.2. The molecule has 1 aliphatic heterocycles. The molecule has 0 bridgehead atoms. The van der Waals surface area contributed by atoms with Gasteiger partial charge in [0.1, 0.15) is 11.4 Å². The van der Waals surface area contributed by atoms with Gasteiger partial charge in [0.05, 0.1) is 16.3 Å². The summed E-state index contributed by atoms with van der Waals surface area (Å²) in [7, 11) is 1.95. The van der Waals surface area contributed by atoms with Crippen LogP contribution in [0.25, 0.3) is 10.2 Å². The van der Waals surface area contributed by atoms with Gasteiger partial charge in [-0.3, -0.25) is 4.79 Å². The van der Waals surface area contributed by atoms with Crippen LogP contribution in [0, 0.1) is 0 Å². The van der Waals surface area contributed by atoms with Crippen LogP contribution in [0.5, 0.6) is 5.75 Å². The lowest BCUT2D eigenvalue weighted by Gasteiger charge is -2.33. The van der Waals surface area contributed by atoms with Crippen molar-refractivity contribution >= 4 is 38.8 Å². The van der Waals surface area contributed by atoms with E-state index in [0.717, 1.165) is 73.3 Å². The molecule has 1 aliphatic carbocycles. The lowest BCUT2D eigenvalue weighted by atomic mass is 9.94. The quantitative estimate of drug-likeness (QED) is 0.326. The van der Waals surface area contributed by atoms with Crippen molar-refractivity contribution in [2.24, 2.45) is 12.8 Å². The Bertz CT molecular complexity index is 1400. The van der Waals surface area contributed by atoms with Gasteiger partial charge >= 0.3 is 0 Å². The normalized spacial score (nSPS) is 19.6. The molecule has 0 saturated heterocycles. The molecule has 0 radical (unpaired) electrons. The smallest absolute Gasteiger partial charge is 0.272 e. The number of aryl methyl sites for hydroxylation is 1. The molecule has 2 aromatic heterocycles. The Balaban J connectivity index is 1.15. The van der Waals surface area contributed by atoms with E-state index >= 15 is 0 Å². The van der Waals surface area contributed by atoms with E-state index in [4.69, 9.17) is 10.5 Å². The molecule has 192 valence electrons. The fourth-order valence-corrected chi connectivity index (χ4v) is 6.58. The predicted octanol–water partition coefficient (Wildman–Crippen LogP) is 6.09. The molecule has 7 heteroatoms. The summed E-state index contributed by atoms with van der Waals surface area (Å²) in [5.74, 6) is 0.876. The van der Waals surface area contributed by atoms with Crippen molar-refractivity contribution in [1.82, 2.24) is 4.57 Å². The SMILES string of the molecule is Cn1c(C(=O)Nc2cccc3c2CCCN3Cc2ccc(OC3CCC(N)CC3)cc2)cc2sccc21. The van der Waals surface area contributed by atoms with Crippen LogP contribution in [-0.2, 0) is 20.0 Å². The molecular weight excluding hydrogens is 480 g/mol. The van der Waals surface area contributed by atoms with Gasteiger partial charge in [-0.25, -0.2) is 0 Å². The summed E-state index contributed by atoms with van der Waals surface area (Å²) in [6.07, 6.45) is 6.46. The summed E-state index contributed by atoms with van der Waals surface area (Å²) in [6, 6.07) is 19.1. The summed E-state index contributed by atoms with van der Waals surface area (Å²) >= 11 is 1.66. The summed E-state index contributed by atoms with van der Waals surface area (Å²) in [5, 5.41) is 5.26. The average molecular weight is 515 g/mol. The molecule has 0 spiro atoms. The first kappa shape index (κ1) is 24.1. The lowest BCUT2D eigenvalue weighted by Crippen LogP contribution is -2.31. The van der Waals surface area contributed by atoms with Crippen LogP contribution >= 0.6 is 11.3 Å². The van der Waals surface area contributed by atoms with Crippen molar-refractivity contribution < 1.29 is 9.53 Å². The molecule has 37 heavy (non-hydrogen) atoms. The second-order valence-corrected chi connectivity index (χ2v) is 11.3.